The zero-order valence-corrected chi connectivity index (χ0v) is 12.0. The minimum atomic E-state index is -4.33. The predicted molar refractivity (Wildman–Crippen MR) is 73.5 cm³/mol. The van der Waals surface area contributed by atoms with E-state index < -0.39 is 11.7 Å². The number of benzene rings is 1. The maximum Gasteiger partial charge on any atom is 0.416 e. The number of nitrogens with zero attached hydrogens (tertiary/aromatic N) is 1. The van der Waals surface area contributed by atoms with Gasteiger partial charge in [-0.15, -0.1) is 11.3 Å². The van der Waals surface area contributed by atoms with Gasteiger partial charge in [0.1, 0.15) is 0 Å². The Balaban J connectivity index is 2.14. The summed E-state index contributed by atoms with van der Waals surface area (Å²) in [6, 6.07) is 5.28. The first-order valence-electron chi connectivity index (χ1n) is 6.18. The molecule has 0 amide bonds. The van der Waals surface area contributed by atoms with Gasteiger partial charge >= 0.3 is 6.18 Å². The van der Waals surface area contributed by atoms with E-state index in [9.17, 15) is 13.2 Å². The standard InChI is InChI=1S/C14H15F3N2S/c1-9(18-7-13-10(2)19-8-20-13)11-5-3-4-6-12(11)14(15,16)17/h3-6,8-9,18H,7H2,1-2H3. The summed E-state index contributed by atoms with van der Waals surface area (Å²) in [4.78, 5) is 5.17. The highest BCUT2D eigenvalue weighted by atomic mass is 32.1. The van der Waals surface area contributed by atoms with Crippen LogP contribution in [0.4, 0.5) is 13.2 Å². The van der Waals surface area contributed by atoms with Crippen LogP contribution in [0.2, 0.25) is 0 Å². The van der Waals surface area contributed by atoms with Crippen LogP contribution in [0.5, 0.6) is 0 Å². The normalized spacial score (nSPS) is 13.4. The topological polar surface area (TPSA) is 24.9 Å². The molecule has 1 unspecified atom stereocenters. The third kappa shape index (κ3) is 3.37. The zero-order chi connectivity index (χ0) is 14.8. The van der Waals surface area contributed by atoms with E-state index in [2.05, 4.69) is 10.3 Å². The Bertz CT molecular complexity index is 578. The molecule has 0 saturated carbocycles. The van der Waals surface area contributed by atoms with Gasteiger partial charge in [0.15, 0.2) is 0 Å². The molecule has 0 bridgehead atoms. The molecule has 2 nitrogen and oxygen atoms in total. The first kappa shape index (κ1) is 15.0. The van der Waals surface area contributed by atoms with Gasteiger partial charge in [0.2, 0.25) is 0 Å². The average Bonchev–Trinajstić information content (AvgIpc) is 2.80. The Morgan fingerprint density at radius 3 is 2.60 bits per heavy atom. The van der Waals surface area contributed by atoms with Crippen LogP contribution in [0.25, 0.3) is 0 Å². The van der Waals surface area contributed by atoms with Crippen LogP contribution < -0.4 is 5.32 Å². The smallest absolute Gasteiger partial charge is 0.305 e. The van der Waals surface area contributed by atoms with E-state index in [1.165, 1.54) is 23.5 Å². The Morgan fingerprint density at radius 2 is 2.00 bits per heavy atom. The number of nitrogens with one attached hydrogen (secondary N) is 1. The lowest BCUT2D eigenvalue weighted by atomic mass is 10.0. The molecule has 1 atom stereocenters. The first-order valence-corrected chi connectivity index (χ1v) is 7.06. The molecule has 108 valence electrons. The van der Waals surface area contributed by atoms with E-state index in [0.717, 1.165) is 16.6 Å². The summed E-state index contributed by atoms with van der Waals surface area (Å²) in [7, 11) is 0. The van der Waals surface area contributed by atoms with Crippen molar-refractivity contribution in [3.05, 3.63) is 51.5 Å². The number of rotatable bonds is 4. The maximum atomic E-state index is 13.0. The molecule has 6 heteroatoms. The van der Waals surface area contributed by atoms with Crippen molar-refractivity contribution >= 4 is 11.3 Å². The molecule has 1 heterocycles. The lowest BCUT2D eigenvalue weighted by Gasteiger charge is -2.19. The van der Waals surface area contributed by atoms with Crippen molar-refractivity contribution in [3.63, 3.8) is 0 Å². The van der Waals surface area contributed by atoms with Crippen molar-refractivity contribution in [3.8, 4) is 0 Å². The second-order valence-corrected chi connectivity index (χ2v) is 5.49. The fourth-order valence-corrected chi connectivity index (χ4v) is 2.71. The number of hydrogen-bond acceptors (Lipinski definition) is 3. The second kappa shape index (κ2) is 5.93. The molecule has 0 aliphatic carbocycles. The Hall–Kier alpha value is -1.40. The number of hydrogen-bond donors (Lipinski definition) is 1. The van der Waals surface area contributed by atoms with Gasteiger partial charge in [-0.2, -0.15) is 13.2 Å². The largest absolute Gasteiger partial charge is 0.416 e. The van der Waals surface area contributed by atoms with Crippen LogP contribution in [0.15, 0.2) is 29.8 Å². The summed E-state index contributed by atoms with van der Waals surface area (Å²) in [6.45, 7) is 4.15. The lowest BCUT2D eigenvalue weighted by Crippen LogP contribution is -2.21. The number of thiazole rings is 1. The van der Waals surface area contributed by atoms with Crippen LogP contribution >= 0.6 is 11.3 Å². The van der Waals surface area contributed by atoms with Crippen LogP contribution in [-0.2, 0) is 12.7 Å². The summed E-state index contributed by atoms with van der Waals surface area (Å²) in [6.07, 6.45) is -4.33. The van der Waals surface area contributed by atoms with Crippen LogP contribution in [0.3, 0.4) is 0 Å². The molecule has 0 radical (unpaired) electrons. The van der Waals surface area contributed by atoms with Crippen LogP contribution in [0.1, 0.15) is 34.7 Å². The van der Waals surface area contributed by atoms with Gasteiger partial charge in [-0.3, -0.25) is 0 Å². The number of alkyl halides is 3. The van der Waals surface area contributed by atoms with Crippen molar-refractivity contribution in [1.82, 2.24) is 10.3 Å². The summed E-state index contributed by atoms with van der Waals surface area (Å²) in [5, 5.41) is 3.13. The fourth-order valence-electron chi connectivity index (χ4n) is 1.98. The third-order valence-corrected chi connectivity index (χ3v) is 4.08. The van der Waals surface area contributed by atoms with E-state index in [1.807, 2.05) is 6.92 Å². The van der Waals surface area contributed by atoms with E-state index >= 15 is 0 Å². The molecule has 1 aromatic carbocycles. The highest BCUT2D eigenvalue weighted by molar-refractivity contribution is 7.09. The molecule has 0 saturated heterocycles. The lowest BCUT2D eigenvalue weighted by molar-refractivity contribution is -0.138. The summed E-state index contributed by atoms with van der Waals surface area (Å²) >= 11 is 1.50. The molecule has 0 aliphatic heterocycles. The quantitative estimate of drug-likeness (QED) is 0.909. The highest BCUT2D eigenvalue weighted by Gasteiger charge is 2.34. The van der Waals surface area contributed by atoms with Crippen molar-refractivity contribution in [2.45, 2.75) is 32.6 Å². The van der Waals surface area contributed by atoms with Gasteiger partial charge in [-0.25, -0.2) is 4.98 Å². The van der Waals surface area contributed by atoms with Crippen molar-refractivity contribution in [2.24, 2.45) is 0 Å². The minimum Gasteiger partial charge on any atom is -0.305 e. The summed E-state index contributed by atoms with van der Waals surface area (Å²) in [5.41, 5.74) is 2.34. The fraction of sp³-hybridized carbons (Fsp3) is 0.357. The Kier molecular flexibility index (Phi) is 4.45. The van der Waals surface area contributed by atoms with Crippen molar-refractivity contribution in [2.75, 3.05) is 0 Å². The second-order valence-electron chi connectivity index (χ2n) is 4.55. The van der Waals surface area contributed by atoms with Gasteiger partial charge in [0, 0.05) is 17.5 Å². The van der Waals surface area contributed by atoms with E-state index in [1.54, 1.807) is 18.5 Å². The van der Waals surface area contributed by atoms with E-state index in [0.29, 0.717) is 6.54 Å². The number of aromatic nitrogens is 1. The minimum absolute atomic E-state index is 0.266. The molecule has 1 N–H and O–H groups in total. The molecule has 2 aromatic rings. The number of halogens is 3. The van der Waals surface area contributed by atoms with Crippen molar-refractivity contribution < 1.29 is 13.2 Å². The SMILES string of the molecule is Cc1ncsc1CNC(C)c1ccccc1C(F)(F)F. The zero-order valence-electron chi connectivity index (χ0n) is 11.2. The molecule has 20 heavy (non-hydrogen) atoms. The molecule has 0 spiro atoms. The number of aryl methyl sites for hydroxylation is 1. The maximum absolute atomic E-state index is 13.0. The van der Waals surface area contributed by atoms with Gasteiger partial charge in [-0.05, 0) is 25.5 Å². The molecular formula is C14H15F3N2S. The van der Waals surface area contributed by atoms with Crippen molar-refractivity contribution in [1.29, 1.82) is 0 Å². The van der Waals surface area contributed by atoms with E-state index in [4.69, 9.17) is 0 Å². The van der Waals surface area contributed by atoms with Crippen LogP contribution in [0, 0.1) is 6.92 Å². The Labute approximate surface area is 119 Å². The van der Waals surface area contributed by atoms with Gasteiger partial charge in [-0.1, -0.05) is 18.2 Å². The first-order chi connectivity index (χ1) is 9.39. The summed E-state index contributed by atoms with van der Waals surface area (Å²) in [5.74, 6) is 0. The third-order valence-electron chi connectivity index (χ3n) is 3.15. The van der Waals surface area contributed by atoms with Gasteiger partial charge in [0.25, 0.3) is 0 Å². The molecule has 0 aliphatic rings. The molecular weight excluding hydrogens is 285 g/mol. The summed E-state index contributed by atoms with van der Waals surface area (Å²) < 4.78 is 38.9. The molecule has 0 fully saturated rings. The average molecular weight is 300 g/mol. The van der Waals surface area contributed by atoms with Gasteiger partial charge < -0.3 is 5.32 Å². The van der Waals surface area contributed by atoms with Crippen LogP contribution in [-0.4, -0.2) is 4.98 Å². The molecule has 2 rings (SSSR count). The predicted octanol–water partition coefficient (Wildman–Crippen LogP) is 4.32. The van der Waals surface area contributed by atoms with E-state index in [-0.39, 0.29) is 11.6 Å². The Morgan fingerprint density at radius 1 is 1.30 bits per heavy atom. The monoisotopic (exact) mass is 300 g/mol. The van der Waals surface area contributed by atoms with Gasteiger partial charge in [0.05, 0.1) is 16.8 Å². The molecule has 1 aromatic heterocycles. The highest BCUT2D eigenvalue weighted by Crippen LogP contribution is 2.34.